The Morgan fingerprint density at radius 1 is 1.36 bits per heavy atom. The Morgan fingerprint density at radius 2 is 1.86 bits per heavy atom. The zero-order valence-electron chi connectivity index (χ0n) is 9.50. The Labute approximate surface area is 87.3 Å². The Morgan fingerprint density at radius 3 is 2.21 bits per heavy atom. The predicted molar refractivity (Wildman–Crippen MR) is 59.5 cm³/mol. The average Bonchev–Trinajstić information content (AvgIpc) is 1.98. The van der Waals surface area contributed by atoms with Gasteiger partial charge >= 0.3 is 0 Å². The van der Waals surface area contributed by atoms with E-state index in [9.17, 15) is 8.42 Å². The van der Waals surface area contributed by atoms with Crippen LogP contribution >= 0.6 is 0 Å². The van der Waals surface area contributed by atoms with Gasteiger partial charge in [0.05, 0.1) is 5.75 Å². The summed E-state index contributed by atoms with van der Waals surface area (Å²) in [5.41, 5.74) is 5.20. The summed E-state index contributed by atoms with van der Waals surface area (Å²) in [4.78, 5) is 0. The molecule has 0 spiro atoms. The third-order valence-electron chi connectivity index (χ3n) is 2.27. The van der Waals surface area contributed by atoms with Gasteiger partial charge in [-0.05, 0) is 25.3 Å². The van der Waals surface area contributed by atoms with Gasteiger partial charge in [-0.25, -0.2) is 13.1 Å². The lowest BCUT2D eigenvalue weighted by atomic mass is 9.89. The maximum atomic E-state index is 11.5. The van der Waals surface area contributed by atoms with E-state index in [2.05, 4.69) is 4.72 Å². The highest BCUT2D eigenvalue weighted by molar-refractivity contribution is 7.89. The summed E-state index contributed by atoms with van der Waals surface area (Å²) in [6.45, 7) is 8.29. The molecule has 0 aliphatic rings. The Balaban J connectivity index is 4.23. The van der Waals surface area contributed by atoms with Crippen molar-refractivity contribution in [1.29, 1.82) is 0 Å². The summed E-state index contributed by atoms with van der Waals surface area (Å²) in [5.74, 6) is 0.115. The normalized spacial score (nSPS) is 15.5. The van der Waals surface area contributed by atoms with Crippen LogP contribution in [0.3, 0.4) is 0 Å². The molecule has 0 saturated heterocycles. The molecule has 3 N–H and O–H groups in total. The number of hydrogen-bond donors (Lipinski definition) is 2. The Kier molecular flexibility index (Phi) is 5.05. The summed E-state index contributed by atoms with van der Waals surface area (Å²) < 4.78 is 25.6. The lowest BCUT2D eigenvalue weighted by molar-refractivity contribution is 0.317. The van der Waals surface area contributed by atoms with E-state index >= 15 is 0 Å². The van der Waals surface area contributed by atoms with Gasteiger partial charge in [0.1, 0.15) is 0 Å². The summed E-state index contributed by atoms with van der Waals surface area (Å²) in [7, 11) is -3.16. The van der Waals surface area contributed by atoms with Crippen LogP contribution in [0.2, 0.25) is 0 Å². The quantitative estimate of drug-likeness (QED) is 0.719. The number of sulfonamides is 1. The lowest BCUT2D eigenvalue weighted by Gasteiger charge is -2.27. The van der Waals surface area contributed by atoms with Gasteiger partial charge in [0.25, 0.3) is 0 Å². The van der Waals surface area contributed by atoms with Gasteiger partial charge in [-0.3, -0.25) is 0 Å². The Hall–Kier alpha value is -0.130. The van der Waals surface area contributed by atoms with Crippen LogP contribution in [-0.2, 0) is 10.0 Å². The van der Waals surface area contributed by atoms with Crippen LogP contribution in [-0.4, -0.2) is 26.8 Å². The monoisotopic (exact) mass is 222 g/mol. The van der Waals surface area contributed by atoms with Crippen LogP contribution < -0.4 is 10.5 Å². The molecule has 0 heterocycles. The van der Waals surface area contributed by atoms with Crippen molar-refractivity contribution in [3.05, 3.63) is 0 Å². The minimum atomic E-state index is -3.16. The first-order chi connectivity index (χ1) is 6.19. The van der Waals surface area contributed by atoms with Crippen LogP contribution in [0.15, 0.2) is 0 Å². The fourth-order valence-electron chi connectivity index (χ4n) is 0.778. The highest BCUT2D eigenvalue weighted by Gasteiger charge is 2.24. The minimum Gasteiger partial charge on any atom is -0.330 e. The molecule has 0 saturated carbocycles. The second-order valence-corrected chi connectivity index (χ2v) is 6.54. The summed E-state index contributed by atoms with van der Waals surface area (Å²) in [6, 6.07) is -0.0646. The van der Waals surface area contributed by atoms with Crippen molar-refractivity contribution in [2.24, 2.45) is 11.1 Å². The molecule has 86 valence electrons. The van der Waals surface area contributed by atoms with E-state index in [1.54, 1.807) is 0 Å². The molecule has 14 heavy (non-hydrogen) atoms. The van der Waals surface area contributed by atoms with Crippen molar-refractivity contribution in [3.8, 4) is 0 Å². The van der Waals surface area contributed by atoms with Gasteiger partial charge < -0.3 is 5.73 Å². The van der Waals surface area contributed by atoms with Crippen molar-refractivity contribution >= 4 is 10.0 Å². The van der Waals surface area contributed by atoms with E-state index in [0.29, 0.717) is 13.0 Å². The fraction of sp³-hybridized carbons (Fsp3) is 1.00. The standard InChI is InChI=1S/C9H22N2O2S/c1-8(9(2,3)4)11-14(12,13)7-5-6-10/h8,11H,5-7,10H2,1-4H3. The molecule has 0 rings (SSSR count). The number of hydrogen-bond acceptors (Lipinski definition) is 3. The van der Waals surface area contributed by atoms with Gasteiger partial charge in [-0.15, -0.1) is 0 Å². The number of rotatable bonds is 5. The number of nitrogens with two attached hydrogens (primary N) is 1. The molecule has 4 nitrogen and oxygen atoms in total. The zero-order valence-corrected chi connectivity index (χ0v) is 10.3. The molecule has 0 bridgehead atoms. The van der Waals surface area contributed by atoms with E-state index in [-0.39, 0.29) is 17.2 Å². The topological polar surface area (TPSA) is 72.2 Å². The predicted octanol–water partition coefficient (Wildman–Crippen LogP) is 0.689. The highest BCUT2D eigenvalue weighted by Crippen LogP contribution is 2.19. The molecular weight excluding hydrogens is 200 g/mol. The second-order valence-electron chi connectivity index (χ2n) is 4.67. The molecule has 1 atom stereocenters. The number of nitrogens with one attached hydrogen (secondary N) is 1. The molecule has 5 heteroatoms. The molecule has 0 aromatic rings. The van der Waals surface area contributed by atoms with Crippen LogP contribution in [0.5, 0.6) is 0 Å². The average molecular weight is 222 g/mol. The van der Waals surface area contributed by atoms with Crippen molar-refractivity contribution < 1.29 is 8.42 Å². The molecular formula is C9H22N2O2S. The first kappa shape index (κ1) is 13.9. The molecule has 0 aromatic carbocycles. The van der Waals surface area contributed by atoms with Crippen molar-refractivity contribution in [1.82, 2.24) is 4.72 Å². The first-order valence-corrected chi connectivity index (χ1v) is 6.54. The molecule has 0 fully saturated rings. The van der Waals surface area contributed by atoms with Crippen LogP contribution in [0.4, 0.5) is 0 Å². The summed E-state index contributed by atoms with van der Waals surface area (Å²) in [5, 5.41) is 0. The molecule has 0 aliphatic heterocycles. The molecule has 0 aromatic heterocycles. The van der Waals surface area contributed by atoms with Crippen LogP contribution in [0.25, 0.3) is 0 Å². The van der Waals surface area contributed by atoms with Gasteiger partial charge in [-0.1, -0.05) is 20.8 Å². The van der Waals surface area contributed by atoms with Gasteiger partial charge in [0, 0.05) is 6.04 Å². The smallest absolute Gasteiger partial charge is 0.211 e. The van der Waals surface area contributed by atoms with Gasteiger partial charge in [0.15, 0.2) is 0 Å². The van der Waals surface area contributed by atoms with Crippen molar-refractivity contribution in [2.45, 2.75) is 40.2 Å². The van der Waals surface area contributed by atoms with E-state index < -0.39 is 10.0 Å². The summed E-state index contributed by atoms with van der Waals surface area (Å²) >= 11 is 0. The first-order valence-electron chi connectivity index (χ1n) is 4.89. The minimum absolute atomic E-state index is 0.0597. The third kappa shape index (κ3) is 5.57. The van der Waals surface area contributed by atoms with E-state index in [1.807, 2.05) is 27.7 Å². The van der Waals surface area contributed by atoms with E-state index in [1.165, 1.54) is 0 Å². The molecule has 0 radical (unpaired) electrons. The van der Waals surface area contributed by atoms with Crippen LogP contribution in [0.1, 0.15) is 34.1 Å². The van der Waals surface area contributed by atoms with Gasteiger partial charge in [-0.2, -0.15) is 0 Å². The summed E-state index contributed by atoms with van der Waals surface area (Å²) in [6.07, 6.45) is 0.506. The molecule has 1 unspecified atom stereocenters. The fourth-order valence-corrected chi connectivity index (χ4v) is 2.34. The third-order valence-corrected chi connectivity index (χ3v) is 3.81. The van der Waals surface area contributed by atoms with E-state index in [0.717, 1.165) is 0 Å². The van der Waals surface area contributed by atoms with Crippen LogP contribution in [0, 0.1) is 5.41 Å². The van der Waals surface area contributed by atoms with E-state index in [4.69, 9.17) is 5.73 Å². The molecule has 0 amide bonds. The molecule has 0 aliphatic carbocycles. The lowest BCUT2D eigenvalue weighted by Crippen LogP contribution is -2.42. The zero-order chi connectivity index (χ0) is 11.4. The van der Waals surface area contributed by atoms with Crippen molar-refractivity contribution in [2.75, 3.05) is 12.3 Å². The maximum Gasteiger partial charge on any atom is 0.211 e. The van der Waals surface area contributed by atoms with Gasteiger partial charge in [0.2, 0.25) is 10.0 Å². The largest absolute Gasteiger partial charge is 0.330 e. The van der Waals surface area contributed by atoms with Crippen molar-refractivity contribution in [3.63, 3.8) is 0 Å². The highest BCUT2D eigenvalue weighted by atomic mass is 32.2. The SMILES string of the molecule is CC(NS(=O)(=O)CCCN)C(C)(C)C. The maximum absolute atomic E-state index is 11.5. The second kappa shape index (κ2) is 5.09. The Bertz CT molecular complexity index is 254.